The molecule has 1 amide bonds. The van der Waals surface area contributed by atoms with Gasteiger partial charge in [0.2, 0.25) is 5.91 Å². The molecule has 0 bridgehead atoms. The quantitative estimate of drug-likeness (QED) is 0.508. The number of methoxy groups -OCH3 is 1. The Hall–Kier alpha value is -0.130. The maximum Gasteiger partial charge on any atom is 0.248 e. The van der Waals surface area contributed by atoms with E-state index in [2.05, 4.69) is 15.9 Å². The van der Waals surface area contributed by atoms with Gasteiger partial charge in [0, 0.05) is 25.0 Å². The number of nitrogens with zero attached hydrogens (tertiary/aromatic N) is 1. The van der Waals surface area contributed by atoms with Crippen LogP contribution in [0.25, 0.3) is 0 Å². The normalized spacial score (nSPS) is 16.8. The van der Waals surface area contributed by atoms with Gasteiger partial charge in [-0.2, -0.15) is 0 Å². The third kappa shape index (κ3) is 5.67. The van der Waals surface area contributed by atoms with Crippen molar-refractivity contribution in [3.63, 3.8) is 0 Å². The monoisotopic (exact) mass is 321 g/mol. The number of hydrogen-bond donors (Lipinski definition) is 0. The van der Waals surface area contributed by atoms with Crippen molar-refractivity contribution < 1.29 is 14.3 Å². The number of carbonyl (C=O) groups is 1. The van der Waals surface area contributed by atoms with Gasteiger partial charge < -0.3 is 14.4 Å². The Morgan fingerprint density at radius 2 is 2.00 bits per heavy atom. The largest absolute Gasteiger partial charge is 0.382 e. The maximum absolute atomic E-state index is 12.1. The van der Waals surface area contributed by atoms with Gasteiger partial charge in [-0.25, -0.2) is 0 Å². The summed E-state index contributed by atoms with van der Waals surface area (Å²) in [5, 5.41) is 0.827. The second-order valence-corrected chi connectivity index (χ2v) is 5.41. The van der Waals surface area contributed by atoms with E-state index >= 15 is 0 Å². The molecule has 0 aromatic heterocycles. The first-order valence-corrected chi connectivity index (χ1v) is 7.84. The third-order valence-electron chi connectivity index (χ3n) is 3.32. The molecule has 4 nitrogen and oxygen atoms in total. The van der Waals surface area contributed by atoms with Crippen LogP contribution in [0.4, 0.5) is 0 Å². The van der Waals surface area contributed by atoms with Crippen LogP contribution in [0.15, 0.2) is 0 Å². The second kappa shape index (κ2) is 9.75. The van der Waals surface area contributed by atoms with Crippen molar-refractivity contribution in [2.75, 3.05) is 38.8 Å². The molecule has 0 aliphatic heterocycles. The standard InChI is InChI=1S/C13H24BrNO3/c1-17-9-10-18-11-13(16)15(8-7-14)12-5-3-2-4-6-12/h12H,2-11H2,1H3. The number of halogens is 1. The summed E-state index contributed by atoms with van der Waals surface area (Å²) in [7, 11) is 1.63. The lowest BCUT2D eigenvalue weighted by Crippen LogP contribution is -2.44. The average Bonchev–Trinajstić information content (AvgIpc) is 2.41. The Bertz CT molecular complexity index is 232. The molecule has 0 atom stereocenters. The zero-order valence-electron chi connectivity index (χ0n) is 11.2. The molecule has 1 saturated carbocycles. The van der Waals surface area contributed by atoms with E-state index in [0.717, 1.165) is 24.7 Å². The van der Waals surface area contributed by atoms with Crippen LogP contribution in [0.3, 0.4) is 0 Å². The fourth-order valence-corrected chi connectivity index (χ4v) is 2.76. The Labute approximate surface area is 118 Å². The van der Waals surface area contributed by atoms with Crippen LogP contribution in [0, 0.1) is 0 Å². The van der Waals surface area contributed by atoms with Gasteiger partial charge in [0.25, 0.3) is 0 Å². The van der Waals surface area contributed by atoms with Gasteiger partial charge >= 0.3 is 0 Å². The smallest absolute Gasteiger partial charge is 0.248 e. The van der Waals surface area contributed by atoms with Crippen LogP contribution in [-0.4, -0.2) is 55.7 Å². The van der Waals surface area contributed by atoms with Crippen molar-refractivity contribution >= 4 is 21.8 Å². The minimum absolute atomic E-state index is 0.109. The van der Waals surface area contributed by atoms with E-state index in [1.807, 2.05) is 4.90 Å². The van der Waals surface area contributed by atoms with Crippen LogP contribution >= 0.6 is 15.9 Å². The highest BCUT2D eigenvalue weighted by molar-refractivity contribution is 9.09. The van der Waals surface area contributed by atoms with E-state index in [-0.39, 0.29) is 12.5 Å². The zero-order valence-corrected chi connectivity index (χ0v) is 12.8. The molecule has 0 aromatic rings. The molecule has 0 radical (unpaired) electrons. The highest BCUT2D eigenvalue weighted by Gasteiger charge is 2.24. The van der Waals surface area contributed by atoms with E-state index in [4.69, 9.17) is 9.47 Å². The Morgan fingerprint density at radius 3 is 2.61 bits per heavy atom. The second-order valence-electron chi connectivity index (χ2n) is 4.61. The van der Waals surface area contributed by atoms with E-state index in [0.29, 0.717) is 19.3 Å². The van der Waals surface area contributed by atoms with E-state index < -0.39 is 0 Å². The van der Waals surface area contributed by atoms with Gasteiger partial charge in [0.05, 0.1) is 13.2 Å². The minimum atomic E-state index is 0.109. The highest BCUT2D eigenvalue weighted by atomic mass is 79.9. The van der Waals surface area contributed by atoms with Crippen molar-refractivity contribution in [3.05, 3.63) is 0 Å². The fourth-order valence-electron chi connectivity index (χ4n) is 2.38. The molecule has 0 spiro atoms. The Kier molecular flexibility index (Phi) is 8.63. The number of amides is 1. The fraction of sp³-hybridized carbons (Fsp3) is 0.923. The summed E-state index contributed by atoms with van der Waals surface area (Å²) in [5.74, 6) is 0.109. The molecule has 0 saturated heterocycles. The first-order valence-electron chi connectivity index (χ1n) is 6.71. The van der Waals surface area contributed by atoms with Crippen LogP contribution in [0.5, 0.6) is 0 Å². The van der Waals surface area contributed by atoms with Gasteiger partial charge in [0.1, 0.15) is 6.61 Å². The Morgan fingerprint density at radius 1 is 1.28 bits per heavy atom. The molecule has 1 aliphatic rings. The van der Waals surface area contributed by atoms with Gasteiger partial charge in [-0.1, -0.05) is 35.2 Å². The van der Waals surface area contributed by atoms with Crippen LogP contribution in [0.1, 0.15) is 32.1 Å². The number of ether oxygens (including phenoxy) is 2. The van der Waals surface area contributed by atoms with Gasteiger partial charge in [-0.15, -0.1) is 0 Å². The minimum Gasteiger partial charge on any atom is -0.382 e. The summed E-state index contributed by atoms with van der Waals surface area (Å²) in [5.41, 5.74) is 0. The van der Waals surface area contributed by atoms with E-state index in [1.54, 1.807) is 7.11 Å². The van der Waals surface area contributed by atoms with Crippen molar-refractivity contribution in [1.82, 2.24) is 4.90 Å². The highest BCUT2D eigenvalue weighted by Crippen LogP contribution is 2.22. The number of alkyl halides is 1. The molecule has 1 fully saturated rings. The predicted octanol–water partition coefficient (Wildman–Crippen LogP) is 2.21. The van der Waals surface area contributed by atoms with E-state index in [1.165, 1.54) is 19.3 Å². The van der Waals surface area contributed by atoms with Crippen LogP contribution in [0.2, 0.25) is 0 Å². The van der Waals surface area contributed by atoms with Gasteiger partial charge in [0.15, 0.2) is 0 Å². The first kappa shape index (κ1) is 15.9. The van der Waals surface area contributed by atoms with Crippen molar-refractivity contribution in [2.24, 2.45) is 0 Å². The maximum atomic E-state index is 12.1. The molecule has 18 heavy (non-hydrogen) atoms. The van der Waals surface area contributed by atoms with Crippen molar-refractivity contribution in [2.45, 2.75) is 38.1 Å². The number of rotatable bonds is 8. The molecule has 1 rings (SSSR count). The summed E-state index contributed by atoms with van der Waals surface area (Å²) < 4.78 is 10.2. The molecule has 106 valence electrons. The van der Waals surface area contributed by atoms with Crippen molar-refractivity contribution in [3.8, 4) is 0 Å². The summed E-state index contributed by atoms with van der Waals surface area (Å²) in [4.78, 5) is 14.1. The summed E-state index contributed by atoms with van der Waals surface area (Å²) in [6.07, 6.45) is 6.05. The van der Waals surface area contributed by atoms with Gasteiger partial charge in [-0.05, 0) is 12.8 Å². The number of carbonyl (C=O) groups excluding carboxylic acids is 1. The molecule has 5 heteroatoms. The first-order chi connectivity index (χ1) is 8.79. The topological polar surface area (TPSA) is 38.8 Å². The van der Waals surface area contributed by atoms with Crippen LogP contribution < -0.4 is 0 Å². The lowest BCUT2D eigenvalue weighted by Gasteiger charge is -2.34. The van der Waals surface area contributed by atoms with Crippen molar-refractivity contribution in [1.29, 1.82) is 0 Å². The molecular weight excluding hydrogens is 298 g/mol. The molecule has 0 aromatic carbocycles. The molecule has 0 heterocycles. The lowest BCUT2D eigenvalue weighted by atomic mass is 9.94. The SMILES string of the molecule is COCCOCC(=O)N(CCBr)C1CCCCC1. The summed E-state index contributed by atoms with van der Waals surface area (Å²) in [6, 6.07) is 0.412. The predicted molar refractivity (Wildman–Crippen MR) is 75.1 cm³/mol. The molecule has 0 unspecified atom stereocenters. The lowest BCUT2D eigenvalue weighted by molar-refractivity contribution is -0.139. The molecular formula is C13H24BrNO3. The summed E-state index contributed by atoms with van der Waals surface area (Å²) in [6.45, 7) is 1.97. The van der Waals surface area contributed by atoms with Crippen LogP contribution in [-0.2, 0) is 14.3 Å². The average molecular weight is 322 g/mol. The van der Waals surface area contributed by atoms with E-state index in [9.17, 15) is 4.79 Å². The van der Waals surface area contributed by atoms with Gasteiger partial charge in [-0.3, -0.25) is 4.79 Å². The third-order valence-corrected chi connectivity index (χ3v) is 3.67. The zero-order chi connectivity index (χ0) is 13.2. The molecule has 0 N–H and O–H groups in total. The number of hydrogen-bond acceptors (Lipinski definition) is 3. The summed E-state index contributed by atoms with van der Waals surface area (Å²) >= 11 is 3.42. The Balaban J connectivity index is 2.36. The molecule has 1 aliphatic carbocycles.